The summed E-state index contributed by atoms with van der Waals surface area (Å²) in [5, 5.41) is 9.36. The highest BCUT2D eigenvalue weighted by atomic mass is 79.9. The molecule has 4 aromatic rings. The first-order valence-electron chi connectivity index (χ1n) is 9.76. The minimum Gasteiger partial charge on any atom is -0.449 e. The van der Waals surface area contributed by atoms with Crippen molar-refractivity contribution < 1.29 is 14.6 Å². The van der Waals surface area contributed by atoms with Gasteiger partial charge in [-0.2, -0.15) is 0 Å². The van der Waals surface area contributed by atoms with Crippen LogP contribution in [0.15, 0.2) is 87.8 Å². The maximum atomic E-state index is 11.4. The third-order valence-electron chi connectivity index (χ3n) is 6.29. The molecule has 31 heavy (non-hydrogen) atoms. The molecule has 0 amide bonds. The molecule has 0 aliphatic heterocycles. The van der Waals surface area contributed by atoms with Gasteiger partial charge in [-0.1, -0.05) is 80.4 Å². The van der Waals surface area contributed by atoms with Gasteiger partial charge in [0.05, 0.1) is 5.41 Å². The lowest BCUT2D eigenvalue weighted by molar-refractivity contribution is 0.144. The van der Waals surface area contributed by atoms with E-state index in [-0.39, 0.29) is 0 Å². The Balaban J connectivity index is 1.82. The summed E-state index contributed by atoms with van der Waals surface area (Å²) >= 11 is 7.34. The van der Waals surface area contributed by atoms with Crippen LogP contribution in [0, 0.1) is 0 Å². The number of hydrogen-bond acceptors (Lipinski definition) is 2. The number of ether oxygens (including phenoxy) is 1. The van der Waals surface area contributed by atoms with Gasteiger partial charge in [0.25, 0.3) is 0 Å². The van der Waals surface area contributed by atoms with E-state index in [2.05, 4.69) is 80.4 Å². The fourth-order valence-electron chi connectivity index (χ4n) is 5.32. The summed E-state index contributed by atoms with van der Waals surface area (Å²) in [4.78, 5) is 11.4. The zero-order valence-corrected chi connectivity index (χ0v) is 19.2. The van der Waals surface area contributed by atoms with Crippen molar-refractivity contribution in [3.8, 4) is 28.0 Å². The highest BCUT2D eigenvalue weighted by Crippen LogP contribution is 2.64. The number of fused-ring (bicyclic) bond motifs is 10. The largest absolute Gasteiger partial charge is 0.511 e. The molecule has 0 fully saturated rings. The molecule has 2 aliphatic carbocycles. The summed E-state index contributed by atoms with van der Waals surface area (Å²) in [5.74, 6) is 0.356. The molecule has 6 rings (SSSR count). The van der Waals surface area contributed by atoms with Gasteiger partial charge in [0.15, 0.2) is 0 Å². The van der Waals surface area contributed by atoms with Crippen molar-refractivity contribution >= 4 is 38.0 Å². The molecule has 0 heterocycles. The fourth-order valence-corrected chi connectivity index (χ4v) is 6.04. The lowest BCUT2D eigenvalue weighted by Crippen LogP contribution is -2.26. The minimum absolute atomic E-state index is 0.356. The van der Waals surface area contributed by atoms with Crippen LogP contribution in [0.3, 0.4) is 0 Å². The molecular formula is C26H14Br2O3. The highest BCUT2D eigenvalue weighted by molar-refractivity contribution is 9.10. The quantitative estimate of drug-likeness (QED) is 0.175. The van der Waals surface area contributed by atoms with Crippen molar-refractivity contribution in [3.05, 3.63) is 110 Å². The van der Waals surface area contributed by atoms with E-state index in [1.54, 1.807) is 6.07 Å². The van der Waals surface area contributed by atoms with E-state index in [1.807, 2.05) is 24.3 Å². The predicted molar refractivity (Wildman–Crippen MR) is 127 cm³/mol. The van der Waals surface area contributed by atoms with E-state index < -0.39 is 11.6 Å². The van der Waals surface area contributed by atoms with Gasteiger partial charge in [0, 0.05) is 14.5 Å². The SMILES string of the molecule is O=C(O)Oc1cccc2c1-c1ccccc1C21c2cc(Br)ccc2-c2ccc(Br)cc21. The van der Waals surface area contributed by atoms with Crippen LogP contribution in [0.25, 0.3) is 22.3 Å². The van der Waals surface area contributed by atoms with Gasteiger partial charge in [0.2, 0.25) is 0 Å². The fraction of sp³-hybridized carbons (Fsp3) is 0.0385. The van der Waals surface area contributed by atoms with Crippen molar-refractivity contribution in [1.82, 2.24) is 0 Å². The van der Waals surface area contributed by atoms with Crippen LogP contribution in [-0.4, -0.2) is 11.3 Å². The van der Waals surface area contributed by atoms with Crippen molar-refractivity contribution in [3.63, 3.8) is 0 Å². The van der Waals surface area contributed by atoms with Crippen molar-refractivity contribution in [1.29, 1.82) is 0 Å². The molecule has 0 saturated carbocycles. The minimum atomic E-state index is -1.32. The van der Waals surface area contributed by atoms with E-state index in [4.69, 9.17) is 4.74 Å². The molecule has 5 heteroatoms. The Morgan fingerprint density at radius 2 is 1.32 bits per heavy atom. The van der Waals surface area contributed by atoms with Gasteiger partial charge >= 0.3 is 6.16 Å². The first kappa shape index (κ1) is 18.8. The summed E-state index contributed by atoms with van der Waals surface area (Å²) < 4.78 is 7.24. The van der Waals surface area contributed by atoms with Gasteiger partial charge in [-0.3, -0.25) is 0 Å². The Kier molecular flexibility index (Phi) is 3.98. The third-order valence-corrected chi connectivity index (χ3v) is 7.28. The van der Waals surface area contributed by atoms with Crippen molar-refractivity contribution in [2.75, 3.05) is 0 Å². The molecule has 0 saturated heterocycles. The average Bonchev–Trinajstić information content (AvgIpc) is 3.20. The Labute approximate surface area is 195 Å². The number of carbonyl (C=O) groups is 1. The molecule has 0 aromatic heterocycles. The summed E-state index contributed by atoms with van der Waals surface area (Å²) in [6.07, 6.45) is -1.32. The van der Waals surface area contributed by atoms with Crippen molar-refractivity contribution in [2.45, 2.75) is 5.41 Å². The summed E-state index contributed by atoms with van der Waals surface area (Å²) in [6.45, 7) is 0. The molecule has 3 nitrogen and oxygen atoms in total. The summed E-state index contributed by atoms with van der Waals surface area (Å²) in [7, 11) is 0. The predicted octanol–water partition coefficient (Wildman–Crippen LogP) is 7.61. The molecule has 0 bridgehead atoms. The smallest absolute Gasteiger partial charge is 0.449 e. The highest BCUT2D eigenvalue weighted by Gasteiger charge is 2.52. The normalized spacial score (nSPS) is 14.0. The number of hydrogen-bond donors (Lipinski definition) is 1. The standard InChI is InChI=1S/C26H14Br2O3/c27-14-8-10-16-17-11-9-15(28)13-22(17)26(21(16)12-14)19-5-2-1-4-18(19)24-20(26)6-3-7-23(24)31-25(29)30/h1-13H,(H,29,30). The second-order valence-electron chi connectivity index (χ2n) is 7.72. The molecule has 2 aliphatic rings. The first-order valence-corrected chi connectivity index (χ1v) is 11.3. The van der Waals surface area contributed by atoms with Gasteiger partial charge in [-0.05, 0) is 69.3 Å². The lowest BCUT2D eigenvalue weighted by atomic mass is 9.70. The van der Waals surface area contributed by atoms with E-state index in [0.29, 0.717) is 5.75 Å². The Morgan fingerprint density at radius 1 is 0.710 bits per heavy atom. The Morgan fingerprint density at radius 3 is 1.97 bits per heavy atom. The number of halogens is 2. The second kappa shape index (κ2) is 6.55. The molecule has 1 spiro atoms. The third kappa shape index (κ3) is 2.42. The van der Waals surface area contributed by atoms with Gasteiger partial charge < -0.3 is 9.84 Å². The van der Waals surface area contributed by atoms with Crippen LogP contribution < -0.4 is 4.74 Å². The topological polar surface area (TPSA) is 46.5 Å². The van der Waals surface area contributed by atoms with E-state index in [0.717, 1.165) is 31.2 Å². The molecule has 0 unspecified atom stereocenters. The molecule has 150 valence electrons. The second-order valence-corrected chi connectivity index (χ2v) is 9.55. The molecule has 4 aromatic carbocycles. The van der Waals surface area contributed by atoms with Crippen molar-refractivity contribution in [2.24, 2.45) is 0 Å². The maximum Gasteiger partial charge on any atom is 0.511 e. The zero-order valence-electron chi connectivity index (χ0n) is 16.0. The van der Waals surface area contributed by atoms with Crippen LogP contribution in [0.2, 0.25) is 0 Å². The van der Waals surface area contributed by atoms with E-state index in [1.165, 1.54) is 22.3 Å². The number of carboxylic acid groups (broad SMARTS) is 1. The Hall–Kier alpha value is -2.89. The van der Waals surface area contributed by atoms with E-state index in [9.17, 15) is 9.90 Å². The summed E-state index contributed by atoms with van der Waals surface area (Å²) in [5.41, 5.74) is 8.14. The first-order chi connectivity index (χ1) is 15.0. The van der Waals surface area contributed by atoms with Crippen LogP contribution in [0.5, 0.6) is 5.75 Å². The molecular weight excluding hydrogens is 520 g/mol. The van der Waals surface area contributed by atoms with Gasteiger partial charge in [-0.15, -0.1) is 0 Å². The lowest BCUT2D eigenvalue weighted by Gasteiger charge is -2.30. The van der Waals surface area contributed by atoms with Crippen LogP contribution in [0.4, 0.5) is 4.79 Å². The van der Waals surface area contributed by atoms with Crippen LogP contribution >= 0.6 is 31.9 Å². The maximum absolute atomic E-state index is 11.4. The van der Waals surface area contributed by atoms with Crippen LogP contribution in [0.1, 0.15) is 22.3 Å². The summed E-state index contributed by atoms with van der Waals surface area (Å²) in [6, 6.07) is 26.7. The molecule has 1 N–H and O–H groups in total. The zero-order chi connectivity index (χ0) is 21.3. The van der Waals surface area contributed by atoms with Gasteiger partial charge in [-0.25, -0.2) is 4.79 Å². The number of benzene rings is 4. The van der Waals surface area contributed by atoms with E-state index >= 15 is 0 Å². The Bertz CT molecular complexity index is 1370. The molecule has 0 atom stereocenters. The van der Waals surface area contributed by atoms with Crippen LogP contribution in [-0.2, 0) is 5.41 Å². The average molecular weight is 534 g/mol. The molecule has 0 radical (unpaired) electrons. The van der Waals surface area contributed by atoms with Gasteiger partial charge in [0.1, 0.15) is 5.75 Å². The monoisotopic (exact) mass is 532 g/mol. The number of rotatable bonds is 1.